The van der Waals surface area contributed by atoms with Crippen molar-refractivity contribution >= 4 is 22.6 Å². The highest BCUT2D eigenvalue weighted by atomic mass is 127. The van der Waals surface area contributed by atoms with E-state index in [2.05, 4.69) is 52.2 Å². The van der Waals surface area contributed by atoms with Crippen LogP contribution in [-0.4, -0.2) is 25.8 Å². The number of hydrogen-bond acceptors (Lipinski definition) is 3. The molecule has 0 spiro atoms. The quantitative estimate of drug-likeness (QED) is 0.807. The highest BCUT2D eigenvalue weighted by molar-refractivity contribution is 14.1. The average Bonchev–Trinajstić information content (AvgIpc) is 2.54. The lowest BCUT2D eigenvalue weighted by Crippen LogP contribution is -2.47. The lowest BCUT2D eigenvalue weighted by molar-refractivity contribution is 0.0641. The summed E-state index contributed by atoms with van der Waals surface area (Å²) in [4.78, 5) is 0. The van der Waals surface area contributed by atoms with Crippen molar-refractivity contribution in [3.8, 4) is 11.5 Å². The maximum Gasteiger partial charge on any atom is 0.161 e. The number of nitrogens with one attached hydrogen (secondary N) is 1. The first-order valence-corrected chi connectivity index (χ1v) is 8.14. The van der Waals surface area contributed by atoms with Crippen molar-refractivity contribution < 1.29 is 9.47 Å². The van der Waals surface area contributed by atoms with Crippen molar-refractivity contribution in [1.29, 1.82) is 0 Å². The van der Waals surface area contributed by atoms with Crippen molar-refractivity contribution in [2.45, 2.75) is 18.6 Å². The van der Waals surface area contributed by atoms with Gasteiger partial charge in [-0.25, -0.2) is 0 Å². The summed E-state index contributed by atoms with van der Waals surface area (Å²) in [6, 6.07) is 16.7. The Balaban J connectivity index is 1.71. The van der Waals surface area contributed by atoms with E-state index in [0.29, 0.717) is 6.61 Å². The van der Waals surface area contributed by atoms with E-state index < -0.39 is 0 Å². The molecule has 0 saturated heterocycles. The highest BCUT2D eigenvalue weighted by Crippen LogP contribution is 2.31. The SMILES string of the molecule is CNC(Cc1ccc(I)cc1)C1COc2ccccc2O1. The van der Waals surface area contributed by atoms with Crippen LogP contribution in [-0.2, 0) is 6.42 Å². The van der Waals surface area contributed by atoms with Gasteiger partial charge >= 0.3 is 0 Å². The number of para-hydroxylation sites is 2. The first kappa shape index (κ1) is 14.7. The Labute approximate surface area is 138 Å². The van der Waals surface area contributed by atoms with Gasteiger partial charge in [0.15, 0.2) is 11.5 Å². The van der Waals surface area contributed by atoms with Gasteiger partial charge in [0, 0.05) is 3.57 Å². The van der Waals surface area contributed by atoms with Gasteiger partial charge in [0.25, 0.3) is 0 Å². The van der Waals surface area contributed by atoms with Crippen LogP contribution in [0.4, 0.5) is 0 Å². The van der Waals surface area contributed by atoms with Crippen molar-refractivity contribution in [3.63, 3.8) is 0 Å². The van der Waals surface area contributed by atoms with Crippen molar-refractivity contribution in [3.05, 3.63) is 57.7 Å². The molecule has 1 N–H and O–H groups in total. The molecule has 21 heavy (non-hydrogen) atoms. The van der Waals surface area contributed by atoms with Crippen LogP contribution in [0, 0.1) is 3.57 Å². The summed E-state index contributed by atoms with van der Waals surface area (Å²) in [6.07, 6.45) is 0.938. The van der Waals surface area contributed by atoms with E-state index in [-0.39, 0.29) is 12.1 Å². The molecule has 4 heteroatoms. The molecule has 110 valence electrons. The molecule has 1 aliphatic heterocycles. The van der Waals surface area contributed by atoms with Crippen LogP contribution in [0.2, 0.25) is 0 Å². The topological polar surface area (TPSA) is 30.5 Å². The van der Waals surface area contributed by atoms with E-state index in [0.717, 1.165) is 17.9 Å². The molecule has 1 aliphatic rings. The van der Waals surface area contributed by atoms with Crippen molar-refractivity contribution in [2.24, 2.45) is 0 Å². The molecule has 0 radical (unpaired) electrons. The summed E-state index contributed by atoms with van der Waals surface area (Å²) in [5, 5.41) is 3.36. The molecule has 0 aliphatic carbocycles. The minimum absolute atomic E-state index is 0.0178. The molecule has 0 amide bonds. The third-order valence-corrected chi connectivity index (χ3v) is 4.44. The Bertz CT molecular complexity index is 600. The summed E-state index contributed by atoms with van der Waals surface area (Å²) >= 11 is 2.32. The van der Waals surface area contributed by atoms with Gasteiger partial charge in [-0.05, 0) is 65.9 Å². The van der Waals surface area contributed by atoms with Crippen LogP contribution in [0.1, 0.15) is 5.56 Å². The van der Waals surface area contributed by atoms with E-state index in [4.69, 9.17) is 9.47 Å². The maximum absolute atomic E-state index is 6.09. The molecular formula is C17H18INO2. The number of fused-ring (bicyclic) bond motifs is 1. The van der Waals surface area contributed by atoms with E-state index >= 15 is 0 Å². The number of halogens is 1. The van der Waals surface area contributed by atoms with Gasteiger partial charge in [-0.1, -0.05) is 24.3 Å². The first-order valence-electron chi connectivity index (χ1n) is 7.06. The molecule has 3 nitrogen and oxygen atoms in total. The summed E-state index contributed by atoms with van der Waals surface area (Å²) in [5.74, 6) is 1.66. The Kier molecular flexibility index (Phi) is 4.65. The van der Waals surface area contributed by atoms with Crippen molar-refractivity contribution in [2.75, 3.05) is 13.7 Å². The molecule has 2 atom stereocenters. The molecule has 1 heterocycles. The molecule has 0 fully saturated rings. The molecule has 2 aromatic rings. The van der Waals surface area contributed by atoms with E-state index in [1.165, 1.54) is 9.13 Å². The second-order valence-electron chi connectivity index (χ2n) is 5.14. The average molecular weight is 395 g/mol. The molecule has 0 aromatic heterocycles. The number of rotatable bonds is 4. The van der Waals surface area contributed by atoms with E-state index in [1.54, 1.807) is 0 Å². The van der Waals surface area contributed by atoms with Crippen LogP contribution < -0.4 is 14.8 Å². The summed E-state index contributed by atoms with van der Waals surface area (Å²) in [5.41, 5.74) is 1.30. The Hall–Kier alpha value is -1.27. The normalized spacial score (nSPS) is 18.3. The van der Waals surface area contributed by atoms with Gasteiger partial charge in [0.1, 0.15) is 12.7 Å². The molecule has 2 unspecified atom stereocenters. The fraction of sp³-hybridized carbons (Fsp3) is 0.294. The Morgan fingerprint density at radius 2 is 1.86 bits per heavy atom. The molecule has 0 bridgehead atoms. The predicted octanol–water partition coefficient (Wildman–Crippen LogP) is 3.26. The lowest BCUT2D eigenvalue weighted by Gasteiger charge is -2.32. The fourth-order valence-electron chi connectivity index (χ4n) is 2.53. The first-order chi connectivity index (χ1) is 10.3. The largest absolute Gasteiger partial charge is 0.486 e. The second-order valence-corrected chi connectivity index (χ2v) is 6.39. The number of hydrogen-bond donors (Lipinski definition) is 1. The molecular weight excluding hydrogens is 377 g/mol. The van der Waals surface area contributed by atoms with Crippen LogP contribution >= 0.6 is 22.6 Å². The Morgan fingerprint density at radius 3 is 2.57 bits per heavy atom. The third-order valence-electron chi connectivity index (χ3n) is 3.72. The van der Waals surface area contributed by atoms with Crippen LogP contribution in [0.25, 0.3) is 0 Å². The minimum Gasteiger partial charge on any atom is -0.486 e. The van der Waals surface area contributed by atoms with Gasteiger partial charge in [-0.3, -0.25) is 0 Å². The Morgan fingerprint density at radius 1 is 1.14 bits per heavy atom. The molecule has 0 saturated carbocycles. The standard InChI is InChI=1S/C17H18INO2/c1-19-14(10-12-6-8-13(18)9-7-12)17-11-20-15-4-2-3-5-16(15)21-17/h2-9,14,17,19H,10-11H2,1H3. The van der Waals surface area contributed by atoms with Crippen LogP contribution in [0.15, 0.2) is 48.5 Å². The molecule has 3 rings (SSSR count). The summed E-state index contributed by atoms with van der Waals surface area (Å²) < 4.78 is 13.2. The second kappa shape index (κ2) is 6.66. The zero-order chi connectivity index (χ0) is 14.7. The summed E-state index contributed by atoms with van der Waals surface area (Å²) in [7, 11) is 1.97. The van der Waals surface area contributed by atoms with Gasteiger partial charge in [-0.15, -0.1) is 0 Å². The number of likely N-dealkylation sites (N-methyl/N-ethyl adjacent to an activating group) is 1. The van der Waals surface area contributed by atoms with Gasteiger partial charge in [0.2, 0.25) is 0 Å². The summed E-state index contributed by atoms with van der Waals surface area (Å²) in [6.45, 7) is 0.576. The zero-order valence-corrected chi connectivity index (χ0v) is 14.0. The number of benzene rings is 2. The highest BCUT2D eigenvalue weighted by Gasteiger charge is 2.27. The zero-order valence-electron chi connectivity index (χ0n) is 11.9. The van der Waals surface area contributed by atoms with Crippen molar-refractivity contribution in [1.82, 2.24) is 5.32 Å². The predicted molar refractivity (Wildman–Crippen MR) is 92.1 cm³/mol. The van der Waals surface area contributed by atoms with E-state index in [9.17, 15) is 0 Å². The monoisotopic (exact) mass is 395 g/mol. The lowest BCUT2D eigenvalue weighted by atomic mass is 10.0. The van der Waals surface area contributed by atoms with E-state index in [1.807, 2.05) is 31.3 Å². The van der Waals surface area contributed by atoms with Crippen LogP contribution in [0.5, 0.6) is 11.5 Å². The smallest absolute Gasteiger partial charge is 0.161 e. The van der Waals surface area contributed by atoms with Gasteiger partial charge in [-0.2, -0.15) is 0 Å². The minimum atomic E-state index is 0.0178. The molecule has 2 aromatic carbocycles. The fourth-order valence-corrected chi connectivity index (χ4v) is 2.89. The van der Waals surface area contributed by atoms with Crippen LogP contribution in [0.3, 0.4) is 0 Å². The number of ether oxygens (including phenoxy) is 2. The van der Waals surface area contributed by atoms with Gasteiger partial charge in [0.05, 0.1) is 6.04 Å². The van der Waals surface area contributed by atoms with Gasteiger partial charge < -0.3 is 14.8 Å². The third kappa shape index (κ3) is 3.49. The maximum atomic E-state index is 6.09.